The normalized spacial score (nSPS) is 14.1. The maximum absolute atomic E-state index is 14.4. The molecule has 0 spiro atoms. The van der Waals surface area contributed by atoms with Crippen molar-refractivity contribution in [2.45, 2.75) is 261 Å². The molecule has 68 heavy (non-hydrogen) atoms. The van der Waals surface area contributed by atoms with Crippen LogP contribution in [0.3, 0.4) is 0 Å². The molecule has 0 aliphatic carbocycles. The van der Waals surface area contributed by atoms with Crippen LogP contribution in [0.4, 0.5) is 0 Å². The van der Waals surface area contributed by atoms with Gasteiger partial charge in [-0.3, -0.25) is 28.8 Å². The van der Waals surface area contributed by atoms with E-state index in [4.69, 9.17) is 28.4 Å². The van der Waals surface area contributed by atoms with Gasteiger partial charge in [0.15, 0.2) is 0 Å². The molecular weight excluding hydrogens is 865 g/mol. The van der Waals surface area contributed by atoms with Gasteiger partial charge >= 0.3 is 35.8 Å². The molecule has 0 rings (SSSR count). The molecule has 0 saturated heterocycles. The summed E-state index contributed by atoms with van der Waals surface area (Å²) < 4.78 is 34.7. The number of hydrogen-bond donors (Lipinski definition) is 0. The van der Waals surface area contributed by atoms with Crippen molar-refractivity contribution in [2.24, 2.45) is 35.5 Å². The number of ether oxygens (including phenoxy) is 6. The van der Waals surface area contributed by atoms with Crippen LogP contribution in [0.15, 0.2) is 0 Å². The molecule has 0 aliphatic rings. The molecule has 0 aliphatic heterocycles. The van der Waals surface area contributed by atoms with Crippen LogP contribution in [0, 0.1) is 35.5 Å². The molecule has 0 bridgehead atoms. The molecule has 0 amide bonds. The first-order valence-corrected chi connectivity index (χ1v) is 27.7. The number of hydrogen-bond acceptors (Lipinski definition) is 12. The van der Waals surface area contributed by atoms with Gasteiger partial charge in [0.2, 0.25) is 0 Å². The summed E-state index contributed by atoms with van der Waals surface area (Å²) in [4.78, 5) is 83.5. The van der Waals surface area contributed by atoms with Crippen LogP contribution in [0.5, 0.6) is 0 Å². The molecule has 6 atom stereocenters. The Morgan fingerprint density at radius 2 is 0.588 bits per heavy atom. The van der Waals surface area contributed by atoms with Gasteiger partial charge in [0.25, 0.3) is 0 Å². The topological polar surface area (TPSA) is 158 Å². The Hall–Kier alpha value is -3.18. The molecule has 398 valence electrons. The Kier molecular flexibility index (Phi) is 40.7. The lowest BCUT2D eigenvalue weighted by Gasteiger charge is -2.29. The van der Waals surface area contributed by atoms with Crippen molar-refractivity contribution in [2.75, 3.05) is 26.4 Å². The molecule has 12 nitrogen and oxygen atoms in total. The summed E-state index contributed by atoms with van der Waals surface area (Å²) in [6.07, 6.45) is 22.9. The third kappa shape index (κ3) is 33.4. The Labute approximate surface area is 414 Å². The molecule has 0 aromatic rings. The lowest BCUT2D eigenvalue weighted by atomic mass is 9.78. The van der Waals surface area contributed by atoms with E-state index < -0.39 is 83.5 Å². The number of esters is 6. The highest BCUT2D eigenvalue weighted by molar-refractivity contribution is 5.83. The van der Waals surface area contributed by atoms with Crippen molar-refractivity contribution in [1.29, 1.82) is 0 Å². The first kappa shape index (κ1) is 64.8. The Bertz CT molecular complexity index is 1310. The van der Waals surface area contributed by atoms with E-state index in [0.717, 1.165) is 128 Å². The zero-order chi connectivity index (χ0) is 51.0. The first-order valence-electron chi connectivity index (χ1n) is 27.7. The van der Waals surface area contributed by atoms with Crippen molar-refractivity contribution < 1.29 is 57.2 Å². The fourth-order valence-electron chi connectivity index (χ4n) is 8.43. The van der Waals surface area contributed by atoms with Crippen LogP contribution in [0.1, 0.15) is 249 Å². The Morgan fingerprint density at radius 3 is 0.926 bits per heavy atom. The highest BCUT2D eigenvalue weighted by Crippen LogP contribution is 2.34. The van der Waals surface area contributed by atoms with E-state index in [2.05, 4.69) is 27.7 Å². The van der Waals surface area contributed by atoms with Gasteiger partial charge in [-0.1, -0.05) is 170 Å². The van der Waals surface area contributed by atoms with E-state index in [1.165, 1.54) is 6.42 Å². The molecule has 0 aromatic carbocycles. The van der Waals surface area contributed by atoms with Crippen molar-refractivity contribution in [3.05, 3.63) is 0 Å². The quantitative estimate of drug-likeness (QED) is 0.0324. The van der Waals surface area contributed by atoms with Gasteiger partial charge in [0.1, 0.15) is 0 Å². The molecule has 0 radical (unpaired) electrons. The number of unbranched alkanes of at least 4 members (excludes halogenated alkanes) is 20. The van der Waals surface area contributed by atoms with Crippen molar-refractivity contribution in [3.63, 3.8) is 0 Å². The summed E-state index contributed by atoms with van der Waals surface area (Å²) in [5, 5.41) is 0. The SMILES string of the molecule is CCCCCCCCOC(=O)C(C)CC(CC(CC(CC(C(=O)OC(C)C)C(C)C(=O)OC(C)C)C(=O)OCCCCCCCC)C(=O)OCCCCCCCC)C(=O)OCCCCCCCC. The summed E-state index contributed by atoms with van der Waals surface area (Å²) in [6.45, 7) is 19.7. The van der Waals surface area contributed by atoms with Crippen molar-refractivity contribution >= 4 is 35.8 Å². The standard InChI is InChI=1S/C56H102O12/c1-11-15-19-23-27-31-35-63-51(57)45(9)39-47(53(59)64-36-32-28-24-20-16-12-2)40-48(54(60)65-37-33-29-25-21-17-13-3)41-49(55(61)66-38-34-30-26-22-18-14-4)42-50(56(62)68-44(7)8)46(10)52(58)67-43(5)6/h43-50H,11-42H2,1-10H3. The lowest BCUT2D eigenvalue weighted by Crippen LogP contribution is -2.37. The second-order valence-corrected chi connectivity index (χ2v) is 20.0. The predicted molar refractivity (Wildman–Crippen MR) is 271 cm³/mol. The Balaban J connectivity index is 6.99. The van der Waals surface area contributed by atoms with E-state index >= 15 is 0 Å². The van der Waals surface area contributed by atoms with Crippen LogP contribution >= 0.6 is 0 Å². The maximum Gasteiger partial charge on any atom is 0.310 e. The first-order chi connectivity index (χ1) is 32.6. The molecule has 0 aromatic heterocycles. The van der Waals surface area contributed by atoms with Gasteiger partial charge in [-0.15, -0.1) is 0 Å². The molecular formula is C56H102O12. The number of carbonyl (C=O) groups is 6. The molecule has 6 unspecified atom stereocenters. The van der Waals surface area contributed by atoms with E-state index in [1.54, 1.807) is 41.5 Å². The van der Waals surface area contributed by atoms with Crippen molar-refractivity contribution in [3.8, 4) is 0 Å². The largest absolute Gasteiger partial charge is 0.465 e. The summed E-state index contributed by atoms with van der Waals surface area (Å²) in [5.74, 6) is -9.12. The van der Waals surface area contributed by atoms with Crippen LogP contribution < -0.4 is 0 Å². The lowest BCUT2D eigenvalue weighted by molar-refractivity contribution is -0.167. The molecule has 0 N–H and O–H groups in total. The second kappa shape index (κ2) is 42.7. The maximum atomic E-state index is 14.4. The second-order valence-electron chi connectivity index (χ2n) is 20.0. The van der Waals surface area contributed by atoms with Gasteiger partial charge in [-0.2, -0.15) is 0 Å². The Morgan fingerprint density at radius 1 is 0.309 bits per heavy atom. The average Bonchev–Trinajstić information content (AvgIpc) is 3.29. The molecule has 0 saturated carbocycles. The van der Waals surface area contributed by atoms with E-state index in [-0.39, 0.29) is 45.5 Å². The smallest absolute Gasteiger partial charge is 0.310 e. The van der Waals surface area contributed by atoms with Gasteiger partial charge < -0.3 is 28.4 Å². The fourth-order valence-corrected chi connectivity index (χ4v) is 8.43. The fraction of sp³-hybridized carbons (Fsp3) is 0.893. The van der Waals surface area contributed by atoms with Gasteiger partial charge in [0.05, 0.1) is 74.1 Å². The summed E-state index contributed by atoms with van der Waals surface area (Å²) >= 11 is 0. The van der Waals surface area contributed by atoms with Gasteiger partial charge in [-0.25, -0.2) is 0 Å². The minimum Gasteiger partial charge on any atom is -0.465 e. The van der Waals surface area contributed by atoms with Crippen molar-refractivity contribution in [1.82, 2.24) is 0 Å². The third-order valence-electron chi connectivity index (χ3n) is 12.7. The van der Waals surface area contributed by atoms with Crippen LogP contribution in [0.2, 0.25) is 0 Å². The summed E-state index contributed by atoms with van der Waals surface area (Å²) in [7, 11) is 0. The monoisotopic (exact) mass is 967 g/mol. The highest BCUT2D eigenvalue weighted by Gasteiger charge is 2.41. The van der Waals surface area contributed by atoms with Gasteiger partial charge in [0, 0.05) is 0 Å². The zero-order valence-electron chi connectivity index (χ0n) is 45.1. The molecule has 0 heterocycles. The minimum atomic E-state index is -1.10. The summed E-state index contributed by atoms with van der Waals surface area (Å²) in [6, 6.07) is 0. The third-order valence-corrected chi connectivity index (χ3v) is 12.7. The minimum absolute atomic E-state index is 0.0625. The van der Waals surface area contributed by atoms with E-state index in [9.17, 15) is 28.8 Å². The predicted octanol–water partition coefficient (Wildman–Crippen LogP) is 13.8. The van der Waals surface area contributed by atoms with E-state index in [1.807, 2.05) is 0 Å². The van der Waals surface area contributed by atoms with Crippen LogP contribution in [0.25, 0.3) is 0 Å². The highest BCUT2D eigenvalue weighted by atomic mass is 16.6. The average molecular weight is 967 g/mol. The molecule has 0 fully saturated rings. The zero-order valence-corrected chi connectivity index (χ0v) is 45.1. The number of rotatable bonds is 45. The van der Waals surface area contributed by atoms with E-state index in [0.29, 0.717) is 25.9 Å². The summed E-state index contributed by atoms with van der Waals surface area (Å²) in [5.41, 5.74) is 0. The van der Waals surface area contributed by atoms with Crippen LogP contribution in [-0.4, -0.2) is 74.5 Å². The van der Waals surface area contributed by atoms with Gasteiger partial charge in [-0.05, 0) is 79.1 Å². The molecule has 12 heteroatoms. The van der Waals surface area contributed by atoms with Crippen LogP contribution in [-0.2, 0) is 57.2 Å². The number of carbonyl (C=O) groups excluding carboxylic acids is 6.